The maximum absolute atomic E-state index is 12.1. The van der Waals surface area contributed by atoms with Crippen molar-refractivity contribution in [3.05, 3.63) is 59.1 Å². The van der Waals surface area contributed by atoms with Crippen molar-refractivity contribution in [3.8, 4) is 0 Å². The van der Waals surface area contributed by atoms with Gasteiger partial charge in [0, 0.05) is 17.3 Å². The van der Waals surface area contributed by atoms with Crippen LogP contribution < -0.4 is 10.6 Å². The minimum Gasteiger partial charge on any atom is -0.334 e. The Balaban J connectivity index is 1.55. The van der Waals surface area contributed by atoms with E-state index in [1.54, 1.807) is 24.3 Å². The third kappa shape index (κ3) is 4.07. The van der Waals surface area contributed by atoms with Crippen molar-refractivity contribution >= 4 is 33.2 Å². The Hall–Kier alpha value is -2.05. The summed E-state index contributed by atoms with van der Waals surface area (Å²) >= 11 is 5.81. The van der Waals surface area contributed by atoms with Crippen molar-refractivity contribution in [2.24, 2.45) is 0 Å². The summed E-state index contributed by atoms with van der Waals surface area (Å²) in [6, 6.07) is 13.1. The predicted octanol–water partition coefficient (Wildman–Crippen LogP) is 3.60. The predicted molar refractivity (Wildman–Crippen MR) is 94.0 cm³/mol. The number of sulfone groups is 1. The molecule has 0 bridgehead atoms. The van der Waals surface area contributed by atoms with Gasteiger partial charge >= 0.3 is 6.03 Å². The van der Waals surface area contributed by atoms with Gasteiger partial charge < -0.3 is 10.6 Å². The summed E-state index contributed by atoms with van der Waals surface area (Å²) in [6.07, 6.45) is 1.46. The Morgan fingerprint density at radius 3 is 2.25 bits per heavy atom. The molecule has 0 heterocycles. The van der Waals surface area contributed by atoms with E-state index in [-0.39, 0.29) is 11.3 Å². The Morgan fingerprint density at radius 1 is 1.04 bits per heavy atom. The molecule has 24 heavy (non-hydrogen) atoms. The second-order valence-corrected chi connectivity index (χ2v) is 8.37. The van der Waals surface area contributed by atoms with Crippen LogP contribution >= 0.6 is 11.6 Å². The van der Waals surface area contributed by atoms with Crippen LogP contribution in [0.15, 0.2) is 53.4 Å². The van der Waals surface area contributed by atoms with Gasteiger partial charge in [-0.3, -0.25) is 0 Å². The van der Waals surface area contributed by atoms with Gasteiger partial charge in [-0.15, -0.1) is 0 Å². The normalized spacial score (nSPS) is 14.2. The zero-order chi connectivity index (χ0) is 17.2. The first-order chi connectivity index (χ1) is 11.4. The quantitative estimate of drug-likeness (QED) is 0.851. The third-order valence-electron chi connectivity index (χ3n) is 3.77. The molecule has 0 radical (unpaired) electrons. The van der Waals surface area contributed by atoms with Crippen molar-refractivity contribution in [3.63, 3.8) is 0 Å². The largest absolute Gasteiger partial charge is 0.334 e. The second kappa shape index (κ2) is 6.83. The highest BCUT2D eigenvalue weighted by atomic mass is 35.5. The highest BCUT2D eigenvalue weighted by Crippen LogP contribution is 2.33. The van der Waals surface area contributed by atoms with E-state index in [1.165, 1.54) is 12.1 Å². The lowest BCUT2D eigenvalue weighted by Crippen LogP contribution is -2.28. The van der Waals surface area contributed by atoms with E-state index >= 15 is 0 Å². The van der Waals surface area contributed by atoms with Crippen LogP contribution in [0.2, 0.25) is 5.02 Å². The molecule has 0 spiro atoms. The fourth-order valence-corrected chi connectivity index (χ4v) is 4.04. The summed E-state index contributed by atoms with van der Waals surface area (Å²) in [4.78, 5) is 12.2. The molecule has 0 aromatic heterocycles. The van der Waals surface area contributed by atoms with Crippen molar-refractivity contribution < 1.29 is 13.2 Å². The van der Waals surface area contributed by atoms with Gasteiger partial charge in [0.2, 0.25) is 0 Å². The number of anilines is 1. The van der Waals surface area contributed by atoms with Crippen LogP contribution in [0.4, 0.5) is 10.5 Å². The number of carbonyl (C=O) groups excluding carboxylic acids is 1. The third-order valence-corrected chi connectivity index (χ3v) is 6.30. The number of urea groups is 1. The molecule has 0 aliphatic heterocycles. The molecule has 7 heteroatoms. The molecule has 126 valence electrons. The first kappa shape index (κ1) is 16.8. The molecule has 0 unspecified atom stereocenters. The lowest BCUT2D eigenvalue weighted by Gasteiger charge is -2.09. The molecule has 2 aromatic carbocycles. The Labute approximate surface area is 145 Å². The smallest absolute Gasteiger partial charge is 0.319 e. The fourth-order valence-electron chi connectivity index (χ4n) is 2.26. The van der Waals surface area contributed by atoms with Crippen LogP contribution in [0.1, 0.15) is 18.4 Å². The molecule has 2 N–H and O–H groups in total. The maximum Gasteiger partial charge on any atom is 0.319 e. The number of rotatable bonds is 5. The van der Waals surface area contributed by atoms with Gasteiger partial charge in [-0.05, 0) is 54.8 Å². The summed E-state index contributed by atoms with van der Waals surface area (Å²) in [5.41, 5.74) is 1.47. The highest BCUT2D eigenvalue weighted by Gasteiger charge is 2.36. The van der Waals surface area contributed by atoms with Crippen LogP contribution in [0.25, 0.3) is 0 Å². The Bertz CT molecular complexity index is 829. The van der Waals surface area contributed by atoms with Gasteiger partial charge in [-0.2, -0.15) is 0 Å². The summed E-state index contributed by atoms with van der Waals surface area (Å²) in [5, 5.41) is 5.81. The van der Waals surface area contributed by atoms with Gasteiger partial charge in [0.25, 0.3) is 0 Å². The molecule has 1 fully saturated rings. The number of carbonyl (C=O) groups is 1. The van der Waals surface area contributed by atoms with Crippen LogP contribution in [0, 0.1) is 0 Å². The summed E-state index contributed by atoms with van der Waals surface area (Å²) in [5.74, 6) is 0. The Kier molecular flexibility index (Phi) is 4.78. The molecular formula is C17H17ClN2O3S. The molecular weight excluding hydrogens is 348 g/mol. The first-order valence-electron chi connectivity index (χ1n) is 7.58. The molecule has 5 nitrogen and oxygen atoms in total. The highest BCUT2D eigenvalue weighted by molar-refractivity contribution is 7.92. The van der Waals surface area contributed by atoms with E-state index in [1.807, 2.05) is 12.1 Å². The molecule has 3 rings (SSSR count). The van der Waals surface area contributed by atoms with Gasteiger partial charge in [0.15, 0.2) is 9.84 Å². The van der Waals surface area contributed by atoms with Gasteiger partial charge in [0.05, 0.1) is 10.1 Å². The molecule has 1 saturated carbocycles. The molecule has 2 amide bonds. The topological polar surface area (TPSA) is 75.3 Å². The van der Waals surface area contributed by atoms with E-state index in [0.29, 0.717) is 22.2 Å². The van der Waals surface area contributed by atoms with Gasteiger partial charge in [0.1, 0.15) is 0 Å². The van der Waals surface area contributed by atoms with Gasteiger partial charge in [-0.25, -0.2) is 13.2 Å². The molecule has 1 aliphatic rings. The van der Waals surface area contributed by atoms with Crippen molar-refractivity contribution in [1.29, 1.82) is 0 Å². The summed E-state index contributed by atoms with van der Waals surface area (Å²) < 4.78 is 24.2. The lowest BCUT2D eigenvalue weighted by atomic mass is 10.2. The van der Waals surface area contributed by atoms with Crippen LogP contribution in [0.3, 0.4) is 0 Å². The number of hydrogen-bond acceptors (Lipinski definition) is 3. The molecule has 0 atom stereocenters. The molecule has 2 aromatic rings. The minimum absolute atomic E-state index is 0.237. The molecule has 0 saturated heterocycles. The zero-order valence-electron chi connectivity index (χ0n) is 12.8. The summed E-state index contributed by atoms with van der Waals surface area (Å²) in [6.45, 7) is 0.372. The number of halogens is 1. The second-order valence-electron chi connectivity index (χ2n) is 5.70. The number of hydrogen-bond donors (Lipinski definition) is 2. The lowest BCUT2D eigenvalue weighted by molar-refractivity contribution is 0.251. The van der Waals surface area contributed by atoms with E-state index in [9.17, 15) is 13.2 Å². The van der Waals surface area contributed by atoms with Crippen LogP contribution in [-0.4, -0.2) is 19.7 Å². The fraction of sp³-hybridized carbons (Fsp3) is 0.235. The average Bonchev–Trinajstić information content (AvgIpc) is 3.40. The number of benzene rings is 2. The van der Waals surface area contributed by atoms with E-state index < -0.39 is 9.84 Å². The van der Waals surface area contributed by atoms with E-state index in [0.717, 1.165) is 18.4 Å². The van der Waals surface area contributed by atoms with E-state index in [2.05, 4.69) is 10.6 Å². The van der Waals surface area contributed by atoms with Crippen molar-refractivity contribution in [2.45, 2.75) is 29.5 Å². The standard InChI is InChI=1S/C17H17ClN2O3S/c18-13-3-1-12(2-4-13)11-19-17(21)20-14-5-7-15(8-6-14)24(22,23)16-9-10-16/h1-8,16H,9-11H2,(H2,19,20,21). The van der Waals surface area contributed by atoms with Crippen molar-refractivity contribution in [1.82, 2.24) is 5.32 Å². The maximum atomic E-state index is 12.1. The Morgan fingerprint density at radius 2 is 1.67 bits per heavy atom. The van der Waals surface area contributed by atoms with Gasteiger partial charge in [-0.1, -0.05) is 23.7 Å². The monoisotopic (exact) mass is 364 g/mol. The first-order valence-corrected chi connectivity index (χ1v) is 9.51. The average molecular weight is 365 g/mol. The summed E-state index contributed by atoms with van der Waals surface area (Å²) in [7, 11) is -3.20. The molecule has 1 aliphatic carbocycles. The number of nitrogens with one attached hydrogen (secondary N) is 2. The van der Waals surface area contributed by atoms with Crippen LogP contribution in [-0.2, 0) is 16.4 Å². The van der Waals surface area contributed by atoms with E-state index in [4.69, 9.17) is 11.6 Å². The zero-order valence-corrected chi connectivity index (χ0v) is 14.4. The minimum atomic E-state index is -3.20. The number of amides is 2. The van der Waals surface area contributed by atoms with Crippen molar-refractivity contribution in [2.75, 3.05) is 5.32 Å². The SMILES string of the molecule is O=C(NCc1ccc(Cl)cc1)Nc1ccc(S(=O)(=O)C2CC2)cc1. The van der Waals surface area contributed by atoms with Crippen LogP contribution in [0.5, 0.6) is 0 Å².